The summed E-state index contributed by atoms with van der Waals surface area (Å²) in [4.78, 5) is 26.9. The number of nitrogens with one attached hydrogen (secondary N) is 1. The van der Waals surface area contributed by atoms with Crippen LogP contribution in [0.4, 0.5) is 0 Å². The number of carbonyl (C=O) groups is 2. The van der Waals surface area contributed by atoms with Crippen LogP contribution in [0.5, 0.6) is 0 Å². The lowest BCUT2D eigenvalue weighted by molar-refractivity contribution is -0.124. The highest BCUT2D eigenvalue weighted by Gasteiger charge is 2.34. The molecule has 0 aliphatic carbocycles. The number of ether oxygens (including phenoxy) is 1. The number of hydrogen-bond donors (Lipinski definition) is 1. The molecule has 5 nitrogen and oxygen atoms in total. The van der Waals surface area contributed by atoms with Crippen molar-refractivity contribution < 1.29 is 14.3 Å². The van der Waals surface area contributed by atoms with Crippen LogP contribution in [0.1, 0.15) is 21.5 Å². The molecule has 0 bridgehead atoms. The van der Waals surface area contributed by atoms with E-state index >= 15 is 0 Å². The van der Waals surface area contributed by atoms with Gasteiger partial charge in [-0.15, -0.1) is 11.8 Å². The fourth-order valence-corrected chi connectivity index (χ4v) is 3.99. The molecule has 136 valence electrons. The van der Waals surface area contributed by atoms with Gasteiger partial charge in [0, 0.05) is 25.0 Å². The third-order valence-corrected chi connectivity index (χ3v) is 5.28. The van der Waals surface area contributed by atoms with E-state index in [9.17, 15) is 9.59 Å². The van der Waals surface area contributed by atoms with Crippen LogP contribution in [-0.2, 0) is 22.7 Å². The molecule has 1 atom stereocenters. The first kappa shape index (κ1) is 18.5. The van der Waals surface area contributed by atoms with Crippen LogP contribution in [0.2, 0.25) is 0 Å². The minimum Gasteiger partial charge on any atom is -0.380 e. The van der Waals surface area contributed by atoms with Crippen molar-refractivity contribution in [1.29, 1.82) is 0 Å². The highest BCUT2D eigenvalue weighted by molar-refractivity contribution is 7.99. The summed E-state index contributed by atoms with van der Waals surface area (Å²) in [6.45, 7) is 1.02. The van der Waals surface area contributed by atoms with Gasteiger partial charge in [-0.25, -0.2) is 0 Å². The van der Waals surface area contributed by atoms with E-state index in [2.05, 4.69) is 5.32 Å². The first-order chi connectivity index (χ1) is 12.7. The normalized spacial score (nSPS) is 16.5. The van der Waals surface area contributed by atoms with Crippen molar-refractivity contribution in [1.82, 2.24) is 10.2 Å². The highest BCUT2D eigenvalue weighted by atomic mass is 32.2. The summed E-state index contributed by atoms with van der Waals surface area (Å²) in [5, 5.41) is 2.95. The molecule has 1 saturated heterocycles. The molecule has 1 aliphatic heterocycles. The molecule has 1 heterocycles. The summed E-state index contributed by atoms with van der Waals surface area (Å²) >= 11 is 1.60. The van der Waals surface area contributed by atoms with Crippen molar-refractivity contribution in [3.63, 3.8) is 0 Å². The summed E-state index contributed by atoms with van der Waals surface area (Å²) in [5.41, 5.74) is 2.72. The Morgan fingerprint density at radius 3 is 2.50 bits per heavy atom. The summed E-state index contributed by atoms with van der Waals surface area (Å²) < 4.78 is 5.09. The fourth-order valence-electron chi connectivity index (χ4n) is 2.83. The fraction of sp³-hybridized carbons (Fsp3) is 0.300. The predicted molar refractivity (Wildman–Crippen MR) is 103 cm³/mol. The Morgan fingerprint density at radius 2 is 1.81 bits per heavy atom. The third kappa shape index (κ3) is 4.45. The minimum atomic E-state index is -0.430. The van der Waals surface area contributed by atoms with Crippen LogP contribution in [0, 0.1) is 0 Å². The van der Waals surface area contributed by atoms with Crippen LogP contribution in [0.15, 0.2) is 54.6 Å². The van der Waals surface area contributed by atoms with E-state index in [1.165, 1.54) is 0 Å². The van der Waals surface area contributed by atoms with Gasteiger partial charge in [0.25, 0.3) is 5.91 Å². The second kappa shape index (κ2) is 8.87. The first-order valence-corrected chi connectivity index (χ1v) is 9.62. The smallest absolute Gasteiger partial charge is 0.255 e. The zero-order valence-electron chi connectivity index (χ0n) is 14.7. The van der Waals surface area contributed by atoms with Crippen LogP contribution >= 0.6 is 11.8 Å². The van der Waals surface area contributed by atoms with E-state index in [1.54, 1.807) is 35.9 Å². The van der Waals surface area contributed by atoms with Crippen molar-refractivity contribution >= 4 is 23.6 Å². The Kier molecular flexibility index (Phi) is 6.30. The Morgan fingerprint density at radius 1 is 1.12 bits per heavy atom. The molecule has 2 amide bonds. The predicted octanol–water partition coefficient (Wildman–Crippen LogP) is 2.66. The Labute approximate surface area is 157 Å². The first-order valence-electron chi connectivity index (χ1n) is 8.47. The monoisotopic (exact) mass is 370 g/mol. The van der Waals surface area contributed by atoms with Gasteiger partial charge in [0.2, 0.25) is 5.91 Å². The van der Waals surface area contributed by atoms with Gasteiger partial charge in [-0.3, -0.25) is 9.59 Å². The molecule has 3 rings (SSSR count). The lowest BCUT2D eigenvalue weighted by atomic mass is 10.1. The van der Waals surface area contributed by atoms with E-state index in [4.69, 9.17) is 4.74 Å². The molecule has 0 radical (unpaired) electrons. The summed E-state index contributed by atoms with van der Waals surface area (Å²) in [5.74, 6) is 0.953. The average molecular weight is 370 g/mol. The molecule has 0 aromatic heterocycles. The number of methoxy groups -OCH3 is 1. The Hall–Kier alpha value is -2.31. The van der Waals surface area contributed by atoms with Crippen molar-refractivity contribution in [3.8, 4) is 0 Å². The summed E-state index contributed by atoms with van der Waals surface area (Å²) in [6.07, 6.45) is 0. The zero-order chi connectivity index (χ0) is 18.4. The molecule has 1 aliphatic rings. The van der Waals surface area contributed by atoms with E-state index in [0.29, 0.717) is 30.3 Å². The van der Waals surface area contributed by atoms with E-state index in [0.717, 1.165) is 11.1 Å². The molecule has 0 spiro atoms. The lowest BCUT2D eigenvalue weighted by Gasteiger charge is -2.23. The maximum absolute atomic E-state index is 12.7. The second-order valence-electron chi connectivity index (χ2n) is 6.12. The van der Waals surface area contributed by atoms with Crippen LogP contribution in [0.3, 0.4) is 0 Å². The van der Waals surface area contributed by atoms with Gasteiger partial charge in [0.15, 0.2) is 0 Å². The number of amides is 2. The number of nitrogens with zero attached hydrogens (tertiary/aromatic N) is 1. The Bertz CT molecular complexity index is 749. The number of thioether (sulfide) groups is 1. The molecule has 0 unspecified atom stereocenters. The van der Waals surface area contributed by atoms with E-state index < -0.39 is 6.04 Å². The molecule has 2 aromatic rings. The number of carbonyl (C=O) groups excluding carboxylic acids is 2. The van der Waals surface area contributed by atoms with E-state index in [1.807, 2.05) is 42.5 Å². The standard InChI is InChI=1S/C20H22N2O3S/c1-25-12-16-9-7-15(8-10-16)11-21-19(23)18-13-26-14-22(18)20(24)17-5-3-2-4-6-17/h2-10,18H,11-14H2,1H3,(H,21,23)/t18-/m0/s1. The summed E-state index contributed by atoms with van der Waals surface area (Å²) in [6, 6.07) is 16.6. The van der Waals surface area contributed by atoms with E-state index in [-0.39, 0.29) is 11.8 Å². The van der Waals surface area contributed by atoms with Crippen molar-refractivity contribution in [3.05, 3.63) is 71.3 Å². The highest BCUT2D eigenvalue weighted by Crippen LogP contribution is 2.23. The molecule has 2 aromatic carbocycles. The quantitative estimate of drug-likeness (QED) is 0.849. The van der Waals surface area contributed by atoms with Crippen molar-refractivity contribution in [2.75, 3.05) is 18.7 Å². The molecular formula is C20H22N2O3S. The van der Waals surface area contributed by atoms with Crippen LogP contribution in [0.25, 0.3) is 0 Å². The van der Waals surface area contributed by atoms with Crippen LogP contribution in [-0.4, -0.2) is 41.5 Å². The largest absolute Gasteiger partial charge is 0.380 e. The maximum atomic E-state index is 12.7. The van der Waals surface area contributed by atoms with Gasteiger partial charge in [-0.1, -0.05) is 42.5 Å². The van der Waals surface area contributed by atoms with Crippen LogP contribution < -0.4 is 5.32 Å². The topological polar surface area (TPSA) is 58.6 Å². The van der Waals surface area contributed by atoms with Gasteiger partial charge in [0.05, 0.1) is 12.5 Å². The summed E-state index contributed by atoms with van der Waals surface area (Å²) in [7, 11) is 1.66. The lowest BCUT2D eigenvalue weighted by Crippen LogP contribution is -2.47. The zero-order valence-corrected chi connectivity index (χ0v) is 15.5. The van der Waals surface area contributed by atoms with Gasteiger partial charge < -0.3 is 15.0 Å². The van der Waals surface area contributed by atoms with Gasteiger partial charge in [0.1, 0.15) is 6.04 Å². The minimum absolute atomic E-state index is 0.0975. The van der Waals surface area contributed by atoms with Crippen molar-refractivity contribution in [2.45, 2.75) is 19.2 Å². The molecule has 1 N–H and O–H groups in total. The second-order valence-corrected chi connectivity index (χ2v) is 7.12. The van der Waals surface area contributed by atoms with Gasteiger partial charge in [-0.05, 0) is 23.3 Å². The van der Waals surface area contributed by atoms with Gasteiger partial charge in [-0.2, -0.15) is 0 Å². The van der Waals surface area contributed by atoms with Crippen molar-refractivity contribution in [2.24, 2.45) is 0 Å². The Balaban J connectivity index is 1.59. The third-order valence-electron chi connectivity index (χ3n) is 4.27. The molecule has 6 heteroatoms. The number of hydrogen-bond acceptors (Lipinski definition) is 4. The molecule has 1 fully saturated rings. The molecule has 26 heavy (non-hydrogen) atoms. The maximum Gasteiger partial charge on any atom is 0.255 e. The van der Waals surface area contributed by atoms with Gasteiger partial charge >= 0.3 is 0 Å². The number of benzene rings is 2. The number of rotatable bonds is 6. The average Bonchev–Trinajstić information content (AvgIpc) is 3.17. The molecule has 0 saturated carbocycles. The SMILES string of the molecule is COCc1ccc(CNC(=O)[C@@H]2CSCN2C(=O)c2ccccc2)cc1. The molecular weight excluding hydrogens is 348 g/mol.